The molecule has 0 aromatic carbocycles. The lowest BCUT2D eigenvalue weighted by Gasteiger charge is -2.48. The zero-order valence-corrected chi connectivity index (χ0v) is 17.7. The molecular formula is C20H37N5OS. The normalized spacial score (nSPS) is 27.4. The molecule has 3 aliphatic rings. The number of hydrogen-bond acceptors (Lipinski definition) is 4. The van der Waals surface area contributed by atoms with Crippen LogP contribution < -0.4 is 11.1 Å². The van der Waals surface area contributed by atoms with Crippen LogP contribution in [0.15, 0.2) is 4.99 Å². The van der Waals surface area contributed by atoms with E-state index in [1.807, 2.05) is 7.05 Å². The molecule has 1 aliphatic carbocycles. The number of thioether (sulfide) groups is 1. The van der Waals surface area contributed by atoms with Gasteiger partial charge in [-0.3, -0.25) is 14.7 Å². The zero-order chi connectivity index (χ0) is 19.1. The molecule has 1 saturated carbocycles. The molecule has 154 valence electrons. The number of primary amides is 1. The lowest BCUT2D eigenvalue weighted by Crippen LogP contribution is -2.60. The van der Waals surface area contributed by atoms with Crippen LogP contribution in [-0.4, -0.2) is 78.5 Å². The summed E-state index contributed by atoms with van der Waals surface area (Å²) in [5.74, 6) is 3.70. The number of aliphatic imine (C=N–C) groups is 1. The number of piperidine rings is 1. The molecule has 0 bridgehead atoms. The topological polar surface area (TPSA) is 74.0 Å². The van der Waals surface area contributed by atoms with Gasteiger partial charge in [-0.15, -0.1) is 0 Å². The van der Waals surface area contributed by atoms with Crippen molar-refractivity contribution in [3.05, 3.63) is 0 Å². The highest BCUT2D eigenvalue weighted by Crippen LogP contribution is 2.35. The van der Waals surface area contributed by atoms with Crippen LogP contribution in [0.5, 0.6) is 0 Å². The summed E-state index contributed by atoms with van der Waals surface area (Å²) in [7, 11) is 1.88. The number of amides is 1. The van der Waals surface area contributed by atoms with Crippen molar-refractivity contribution in [3.8, 4) is 0 Å². The van der Waals surface area contributed by atoms with Crippen LogP contribution in [0.1, 0.15) is 51.4 Å². The van der Waals surface area contributed by atoms with Gasteiger partial charge in [0.1, 0.15) is 0 Å². The smallest absolute Gasteiger partial charge is 0.217 e. The van der Waals surface area contributed by atoms with Crippen molar-refractivity contribution in [2.75, 3.05) is 51.3 Å². The van der Waals surface area contributed by atoms with Crippen molar-refractivity contribution in [2.24, 2.45) is 16.6 Å². The van der Waals surface area contributed by atoms with E-state index in [-0.39, 0.29) is 11.4 Å². The van der Waals surface area contributed by atoms with Gasteiger partial charge in [0.15, 0.2) is 5.96 Å². The van der Waals surface area contributed by atoms with Gasteiger partial charge in [0.05, 0.1) is 0 Å². The van der Waals surface area contributed by atoms with Gasteiger partial charge in [0.2, 0.25) is 5.91 Å². The molecule has 3 N–H and O–H groups in total. The van der Waals surface area contributed by atoms with Gasteiger partial charge in [-0.05, 0) is 31.6 Å². The molecular weight excluding hydrogens is 358 g/mol. The fourth-order valence-electron chi connectivity index (χ4n) is 5.14. The Kier molecular flexibility index (Phi) is 7.70. The average Bonchev–Trinajstić information content (AvgIpc) is 2.70. The number of rotatable bonds is 5. The van der Waals surface area contributed by atoms with Crippen molar-refractivity contribution >= 4 is 23.6 Å². The number of nitrogens with two attached hydrogens (primary N) is 1. The third-order valence-corrected chi connectivity index (χ3v) is 7.50. The van der Waals surface area contributed by atoms with E-state index in [0.717, 1.165) is 38.4 Å². The number of nitrogens with one attached hydrogen (secondary N) is 1. The number of guanidine groups is 1. The van der Waals surface area contributed by atoms with Crippen LogP contribution >= 0.6 is 11.8 Å². The molecule has 1 unspecified atom stereocenters. The molecule has 1 atom stereocenters. The molecule has 6 nitrogen and oxygen atoms in total. The SMILES string of the molecule is CN=C(NCC1(N2CCSCC2)CCCCC1)N1CCCC(CC(N)=O)C1. The minimum Gasteiger partial charge on any atom is -0.370 e. The quantitative estimate of drug-likeness (QED) is 0.549. The Morgan fingerprint density at radius 3 is 2.59 bits per heavy atom. The minimum absolute atomic E-state index is 0.186. The Morgan fingerprint density at radius 1 is 1.19 bits per heavy atom. The summed E-state index contributed by atoms with van der Waals surface area (Å²) in [6.45, 7) is 5.32. The maximum Gasteiger partial charge on any atom is 0.217 e. The second-order valence-corrected chi connectivity index (χ2v) is 9.63. The Labute approximate surface area is 168 Å². The van der Waals surface area contributed by atoms with Gasteiger partial charge in [0.25, 0.3) is 0 Å². The Hall–Kier alpha value is -0.950. The van der Waals surface area contributed by atoms with E-state index in [1.54, 1.807) is 0 Å². The first-order valence-electron chi connectivity index (χ1n) is 10.7. The summed E-state index contributed by atoms with van der Waals surface area (Å²) in [5.41, 5.74) is 5.71. The van der Waals surface area contributed by atoms with E-state index < -0.39 is 0 Å². The number of carbonyl (C=O) groups is 1. The van der Waals surface area contributed by atoms with E-state index >= 15 is 0 Å². The molecule has 0 aromatic rings. The van der Waals surface area contributed by atoms with Gasteiger partial charge >= 0.3 is 0 Å². The Morgan fingerprint density at radius 2 is 1.93 bits per heavy atom. The van der Waals surface area contributed by atoms with Gasteiger partial charge in [-0.1, -0.05) is 19.3 Å². The molecule has 7 heteroatoms. The summed E-state index contributed by atoms with van der Waals surface area (Å²) < 4.78 is 0. The summed E-state index contributed by atoms with van der Waals surface area (Å²) in [6.07, 6.45) is 9.34. The van der Waals surface area contributed by atoms with E-state index in [9.17, 15) is 4.79 Å². The summed E-state index contributed by atoms with van der Waals surface area (Å²) in [5, 5.41) is 3.73. The summed E-state index contributed by atoms with van der Waals surface area (Å²) in [6, 6.07) is 0. The van der Waals surface area contributed by atoms with Crippen molar-refractivity contribution in [1.29, 1.82) is 0 Å². The van der Waals surface area contributed by atoms with E-state index in [1.165, 1.54) is 56.7 Å². The largest absolute Gasteiger partial charge is 0.370 e. The third kappa shape index (κ3) is 5.53. The highest BCUT2D eigenvalue weighted by atomic mass is 32.2. The van der Waals surface area contributed by atoms with Crippen LogP contribution in [0.4, 0.5) is 0 Å². The predicted molar refractivity (Wildman–Crippen MR) is 114 cm³/mol. The van der Waals surface area contributed by atoms with Crippen LogP contribution in [0.3, 0.4) is 0 Å². The van der Waals surface area contributed by atoms with Crippen molar-refractivity contribution in [3.63, 3.8) is 0 Å². The fraction of sp³-hybridized carbons (Fsp3) is 0.900. The molecule has 0 aromatic heterocycles. The number of carbonyl (C=O) groups excluding carboxylic acids is 1. The van der Waals surface area contributed by atoms with E-state index in [2.05, 4.69) is 31.9 Å². The van der Waals surface area contributed by atoms with Crippen molar-refractivity contribution < 1.29 is 4.79 Å². The first-order valence-corrected chi connectivity index (χ1v) is 11.9. The van der Waals surface area contributed by atoms with Crippen LogP contribution in [0.2, 0.25) is 0 Å². The second-order valence-electron chi connectivity index (χ2n) is 8.41. The first kappa shape index (κ1) is 20.8. The lowest BCUT2D eigenvalue weighted by molar-refractivity contribution is -0.119. The molecule has 0 spiro atoms. The summed E-state index contributed by atoms with van der Waals surface area (Å²) >= 11 is 2.09. The molecule has 1 amide bonds. The van der Waals surface area contributed by atoms with E-state index in [0.29, 0.717) is 12.3 Å². The molecule has 2 heterocycles. The maximum atomic E-state index is 11.3. The maximum absolute atomic E-state index is 11.3. The fourth-order valence-corrected chi connectivity index (χ4v) is 6.04. The number of hydrogen-bond donors (Lipinski definition) is 2. The average molecular weight is 396 g/mol. The molecule has 2 saturated heterocycles. The Balaban J connectivity index is 1.61. The molecule has 2 aliphatic heterocycles. The highest BCUT2D eigenvalue weighted by molar-refractivity contribution is 7.99. The standard InChI is InChI=1S/C20H37N5OS/c1-22-19(24-9-5-6-17(15-24)14-18(21)26)23-16-20(7-3-2-4-8-20)25-10-12-27-13-11-25/h17H,2-16H2,1H3,(H2,21,26)(H,22,23). The van der Waals surface area contributed by atoms with Gasteiger partial charge in [0, 0.05) is 63.2 Å². The molecule has 0 radical (unpaired) electrons. The molecule has 3 fully saturated rings. The molecule has 3 rings (SSSR count). The van der Waals surface area contributed by atoms with Crippen molar-refractivity contribution in [1.82, 2.24) is 15.1 Å². The monoisotopic (exact) mass is 395 g/mol. The number of likely N-dealkylation sites (tertiary alicyclic amines) is 1. The minimum atomic E-state index is -0.186. The summed E-state index contributed by atoms with van der Waals surface area (Å²) in [4.78, 5) is 21.0. The van der Waals surface area contributed by atoms with Crippen LogP contribution in [0.25, 0.3) is 0 Å². The lowest BCUT2D eigenvalue weighted by atomic mass is 9.80. The van der Waals surface area contributed by atoms with Gasteiger partial charge in [-0.2, -0.15) is 11.8 Å². The highest BCUT2D eigenvalue weighted by Gasteiger charge is 2.39. The second kappa shape index (κ2) is 10.0. The van der Waals surface area contributed by atoms with Gasteiger partial charge in [-0.25, -0.2) is 0 Å². The number of nitrogens with zero attached hydrogens (tertiary/aromatic N) is 3. The molecule has 27 heavy (non-hydrogen) atoms. The van der Waals surface area contributed by atoms with Crippen LogP contribution in [-0.2, 0) is 4.79 Å². The van der Waals surface area contributed by atoms with Gasteiger partial charge < -0.3 is 16.0 Å². The van der Waals surface area contributed by atoms with Crippen molar-refractivity contribution in [2.45, 2.75) is 56.9 Å². The Bertz CT molecular complexity index is 515. The van der Waals surface area contributed by atoms with Crippen LogP contribution in [0, 0.1) is 5.92 Å². The first-order chi connectivity index (χ1) is 13.1. The predicted octanol–water partition coefficient (Wildman–Crippen LogP) is 1.90. The van der Waals surface area contributed by atoms with E-state index in [4.69, 9.17) is 5.73 Å². The zero-order valence-electron chi connectivity index (χ0n) is 16.9. The third-order valence-electron chi connectivity index (χ3n) is 6.56.